The van der Waals surface area contributed by atoms with E-state index in [1.54, 1.807) is 12.4 Å². The van der Waals surface area contributed by atoms with Crippen molar-refractivity contribution >= 4 is 17.3 Å². The first-order valence-corrected chi connectivity index (χ1v) is 6.71. The topological polar surface area (TPSA) is 41.1 Å². The number of nitrogens with zero attached hydrogens (tertiary/aromatic N) is 3. The van der Waals surface area contributed by atoms with Gasteiger partial charge in [-0.05, 0) is 11.6 Å². The second-order valence-electron chi connectivity index (χ2n) is 4.56. The minimum absolute atomic E-state index is 0.432. The Morgan fingerprint density at radius 1 is 1.21 bits per heavy atom. The molecule has 5 heteroatoms. The molecule has 0 spiro atoms. The molecule has 0 fully saturated rings. The second kappa shape index (κ2) is 5.55. The van der Waals surface area contributed by atoms with E-state index in [0.29, 0.717) is 5.15 Å². The summed E-state index contributed by atoms with van der Waals surface area (Å²) < 4.78 is 0. The zero-order chi connectivity index (χ0) is 13.1. The van der Waals surface area contributed by atoms with Crippen LogP contribution in [0.5, 0.6) is 0 Å². The fourth-order valence-corrected chi connectivity index (χ4v) is 2.40. The van der Waals surface area contributed by atoms with E-state index < -0.39 is 0 Å². The molecule has 1 aliphatic heterocycles. The molecule has 2 aromatic rings. The van der Waals surface area contributed by atoms with Crippen molar-refractivity contribution in [2.24, 2.45) is 0 Å². The first-order chi connectivity index (χ1) is 9.33. The van der Waals surface area contributed by atoms with Gasteiger partial charge in [0, 0.05) is 25.3 Å². The summed E-state index contributed by atoms with van der Waals surface area (Å²) in [5, 5.41) is 3.86. The zero-order valence-electron chi connectivity index (χ0n) is 10.5. The average Bonchev–Trinajstić information content (AvgIpc) is 2.64. The number of hydrogen-bond donors (Lipinski definition) is 1. The predicted octanol–water partition coefficient (Wildman–Crippen LogP) is 2.24. The number of anilines is 1. The number of halogens is 1. The standard InChI is InChI=1S/C14H15ClN4/c15-14-9-17-12(8-18-14)10-19-6-5-16-7-11-3-1-2-4-13(11)19/h1-4,8-9,16H,5-7,10H2. The van der Waals surface area contributed by atoms with Crippen LogP contribution in [0.1, 0.15) is 11.3 Å². The third-order valence-electron chi connectivity index (χ3n) is 3.23. The molecule has 1 aromatic carbocycles. The summed E-state index contributed by atoms with van der Waals surface area (Å²) in [6.07, 6.45) is 3.34. The maximum Gasteiger partial charge on any atom is 0.147 e. The molecular weight excluding hydrogens is 260 g/mol. The number of fused-ring (bicyclic) bond motifs is 1. The SMILES string of the molecule is Clc1cnc(CN2CCNCc3ccccc32)cn1. The normalized spacial score (nSPS) is 14.9. The highest BCUT2D eigenvalue weighted by molar-refractivity contribution is 6.29. The van der Waals surface area contributed by atoms with Crippen molar-refractivity contribution in [3.05, 3.63) is 53.1 Å². The van der Waals surface area contributed by atoms with E-state index in [1.165, 1.54) is 11.3 Å². The van der Waals surface area contributed by atoms with E-state index in [1.807, 2.05) is 0 Å². The van der Waals surface area contributed by atoms with Crippen LogP contribution in [0.3, 0.4) is 0 Å². The van der Waals surface area contributed by atoms with Crippen LogP contribution in [0.2, 0.25) is 5.15 Å². The van der Waals surface area contributed by atoms with Crippen molar-refractivity contribution < 1.29 is 0 Å². The Kier molecular flexibility index (Phi) is 3.62. The highest BCUT2D eigenvalue weighted by Crippen LogP contribution is 2.23. The highest BCUT2D eigenvalue weighted by atomic mass is 35.5. The van der Waals surface area contributed by atoms with Gasteiger partial charge in [-0.25, -0.2) is 4.98 Å². The third-order valence-corrected chi connectivity index (χ3v) is 3.43. The van der Waals surface area contributed by atoms with E-state index >= 15 is 0 Å². The number of rotatable bonds is 2. The quantitative estimate of drug-likeness (QED) is 0.912. The number of benzene rings is 1. The number of aromatic nitrogens is 2. The van der Waals surface area contributed by atoms with Gasteiger partial charge >= 0.3 is 0 Å². The molecule has 19 heavy (non-hydrogen) atoms. The van der Waals surface area contributed by atoms with Crippen LogP contribution in [0.4, 0.5) is 5.69 Å². The molecule has 0 amide bonds. The molecule has 0 saturated carbocycles. The van der Waals surface area contributed by atoms with Crippen LogP contribution in [-0.4, -0.2) is 23.1 Å². The van der Waals surface area contributed by atoms with Crippen LogP contribution >= 0.6 is 11.6 Å². The van der Waals surface area contributed by atoms with Crippen molar-refractivity contribution in [3.63, 3.8) is 0 Å². The van der Waals surface area contributed by atoms with Gasteiger partial charge in [0.15, 0.2) is 0 Å². The summed E-state index contributed by atoms with van der Waals surface area (Å²) >= 11 is 5.76. The Balaban J connectivity index is 1.86. The maximum atomic E-state index is 5.76. The van der Waals surface area contributed by atoms with Crippen molar-refractivity contribution in [1.82, 2.24) is 15.3 Å². The number of hydrogen-bond acceptors (Lipinski definition) is 4. The molecule has 1 aliphatic rings. The van der Waals surface area contributed by atoms with Crippen LogP contribution in [0.25, 0.3) is 0 Å². The van der Waals surface area contributed by atoms with E-state index in [-0.39, 0.29) is 0 Å². The lowest BCUT2D eigenvalue weighted by Crippen LogP contribution is -2.28. The molecule has 0 bridgehead atoms. The first kappa shape index (κ1) is 12.4. The Morgan fingerprint density at radius 2 is 2.11 bits per heavy atom. The third kappa shape index (κ3) is 2.85. The summed E-state index contributed by atoms with van der Waals surface area (Å²) in [7, 11) is 0. The van der Waals surface area contributed by atoms with Crippen molar-refractivity contribution in [2.45, 2.75) is 13.1 Å². The fourth-order valence-electron chi connectivity index (χ4n) is 2.31. The largest absolute Gasteiger partial charge is 0.364 e. The molecule has 4 nitrogen and oxygen atoms in total. The Hall–Kier alpha value is -1.65. The lowest BCUT2D eigenvalue weighted by atomic mass is 10.1. The summed E-state index contributed by atoms with van der Waals surface area (Å²) in [5.74, 6) is 0. The maximum absolute atomic E-state index is 5.76. The van der Waals surface area contributed by atoms with Gasteiger partial charge in [0.1, 0.15) is 5.15 Å². The summed E-state index contributed by atoms with van der Waals surface area (Å²) in [6, 6.07) is 8.47. The van der Waals surface area contributed by atoms with Gasteiger partial charge in [-0.2, -0.15) is 0 Å². The van der Waals surface area contributed by atoms with Crippen LogP contribution < -0.4 is 10.2 Å². The highest BCUT2D eigenvalue weighted by Gasteiger charge is 2.15. The van der Waals surface area contributed by atoms with Crippen LogP contribution in [0, 0.1) is 0 Å². The fraction of sp³-hybridized carbons (Fsp3) is 0.286. The van der Waals surface area contributed by atoms with Crippen molar-refractivity contribution in [2.75, 3.05) is 18.0 Å². The predicted molar refractivity (Wildman–Crippen MR) is 76.2 cm³/mol. The molecule has 1 N–H and O–H groups in total. The smallest absolute Gasteiger partial charge is 0.147 e. The Labute approximate surface area is 117 Å². The van der Waals surface area contributed by atoms with Gasteiger partial charge < -0.3 is 10.2 Å². The average molecular weight is 275 g/mol. The first-order valence-electron chi connectivity index (χ1n) is 6.33. The molecule has 0 atom stereocenters. The second-order valence-corrected chi connectivity index (χ2v) is 4.94. The van der Waals surface area contributed by atoms with Gasteiger partial charge in [0.25, 0.3) is 0 Å². The van der Waals surface area contributed by atoms with E-state index in [2.05, 4.69) is 44.5 Å². The van der Waals surface area contributed by atoms with Gasteiger partial charge in [-0.1, -0.05) is 29.8 Å². The monoisotopic (exact) mass is 274 g/mol. The van der Waals surface area contributed by atoms with Crippen LogP contribution in [-0.2, 0) is 13.1 Å². The molecule has 3 rings (SSSR count). The van der Waals surface area contributed by atoms with Gasteiger partial charge in [0.2, 0.25) is 0 Å². The van der Waals surface area contributed by atoms with Gasteiger partial charge in [-0.3, -0.25) is 4.98 Å². The van der Waals surface area contributed by atoms with E-state index in [4.69, 9.17) is 11.6 Å². The molecule has 0 radical (unpaired) electrons. The van der Waals surface area contributed by atoms with Crippen LogP contribution in [0.15, 0.2) is 36.7 Å². The Morgan fingerprint density at radius 3 is 2.95 bits per heavy atom. The summed E-state index contributed by atoms with van der Waals surface area (Å²) in [5.41, 5.74) is 3.52. The molecular formula is C14H15ClN4. The molecule has 0 aliphatic carbocycles. The summed E-state index contributed by atoms with van der Waals surface area (Å²) in [6.45, 7) is 3.60. The van der Waals surface area contributed by atoms with Crippen molar-refractivity contribution in [3.8, 4) is 0 Å². The van der Waals surface area contributed by atoms with E-state index in [0.717, 1.165) is 31.9 Å². The number of para-hydroxylation sites is 1. The number of nitrogens with one attached hydrogen (secondary N) is 1. The van der Waals surface area contributed by atoms with Crippen molar-refractivity contribution in [1.29, 1.82) is 0 Å². The lowest BCUT2D eigenvalue weighted by molar-refractivity contribution is 0.684. The van der Waals surface area contributed by atoms with Gasteiger partial charge in [0.05, 0.1) is 24.6 Å². The summed E-state index contributed by atoms with van der Waals surface area (Å²) in [4.78, 5) is 10.7. The Bertz CT molecular complexity index is 556. The van der Waals surface area contributed by atoms with Gasteiger partial charge in [-0.15, -0.1) is 0 Å². The molecule has 1 aromatic heterocycles. The lowest BCUT2D eigenvalue weighted by Gasteiger charge is -2.24. The van der Waals surface area contributed by atoms with E-state index in [9.17, 15) is 0 Å². The zero-order valence-corrected chi connectivity index (χ0v) is 11.3. The molecule has 0 unspecified atom stereocenters. The molecule has 2 heterocycles. The molecule has 0 saturated heterocycles. The minimum Gasteiger partial charge on any atom is -0.364 e. The minimum atomic E-state index is 0.432. The molecule has 98 valence electrons.